The van der Waals surface area contributed by atoms with Crippen LogP contribution in [0.15, 0.2) is 0 Å². The molecule has 1 aliphatic heterocycles. The summed E-state index contributed by atoms with van der Waals surface area (Å²) in [4.78, 5) is 0. The van der Waals surface area contributed by atoms with Gasteiger partial charge in [-0.15, -0.1) is 0 Å². The summed E-state index contributed by atoms with van der Waals surface area (Å²) < 4.78 is 24.1. The minimum absolute atomic E-state index is 0.0845. The lowest BCUT2D eigenvalue weighted by Gasteiger charge is -2.40. The van der Waals surface area contributed by atoms with Gasteiger partial charge in [-0.1, -0.05) is 6.92 Å². The van der Waals surface area contributed by atoms with Gasteiger partial charge in [0, 0.05) is 47.4 Å². The molecule has 1 heterocycles. The van der Waals surface area contributed by atoms with Gasteiger partial charge in [-0.3, -0.25) is 0 Å². The molecule has 0 aromatic carbocycles. The van der Waals surface area contributed by atoms with Gasteiger partial charge in [0.05, 0.1) is 0 Å². The van der Waals surface area contributed by atoms with Gasteiger partial charge in [0.1, 0.15) is 0 Å². The Bertz CT molecular complexity index is 253. The van der Waals surface area contributed by atoms with E-state index in [1.54, 1.807) is 0 Å². The van der Waals surface area contributed by atoms with Crippen molar-refractivity contribution in [2.75, 3.05) is 26.4 Å². The van der Waals surface area contributed by atoms with Crippen molar-refractivity contribution in [3.05, 3.63) is 0 Å². The average molecular weight is 321 g/mol. The molecule has 1 rings (SSSR count). The van der Waals surface area contributed by atoms with E-state index in [0.717, 1.165) is 23.3 Å². The van der Waals surface area contributed by atoms with Crippen LogP contribution in [0.5, 0.6) is 0 Å². The highest BCUT2D eigenvalue weighted by molar-refractivity contribution is 6.62. The van der Waals surface area contributed by atoms with Crippen LogP contribution >= 0.6 is 0 Å². The Morgan fingerprint density at radius 3 is 2.05 bits per heavy atom. The molecule has 1 aliphatic rings. The van der Waals surface area contributed by atoms with E-state index in [9.17, 15) is 0 Å². The number of hydrogen-bond acceptors (Lipinski definition) is 4. The number of rotatable bonds is 9. The minimum Gasteiger partial charge on any atom is -0.380 e. The molecule has 6 heteroatoms. The summed E-state index contributed by atoms with van der Waals surface area (Å²) in [7, 11) is -1.53. The standard InChI is InChI=1S/C14H32O4Si2/c1-5-16-20(17-6-2,18-7-3)13(4)12-14(19)10-8-9-11-15-14/h13H,5-12H2,1-4,19H3. The van der Waals surface area contributed by atoms with Crippen molar-refractivity contribution in [3.63, 3.8) is 0 Å². The monoisotopic (exact) mass is 320 g/mol. The molecule has 20 heavy (non-hydrogen) atoms. The lowest BCUT2D eigenvalue weighted by molar-refractivity contribution is -0.0301. The van der Waals surface area contributed by atoms with Gasteiger partial charge in [0.15, 0.2) is 0 Å². The Hall–Kier alpha value is 0.274. The third kappa shape index (κ3) is 4.92. The fourth-order valence-corrected chi connectivity index (χ4v) is 7.65. The topological polar surface area (TPSA) is 36.9 Å². The largest absolute Gasteiger partial charge is 0.504 e. The molecule has 0 aliphatic carbocycles. The summed E-state index contributed by atoms with van der Waals surface area (Å²) in [5, 5.41) is 0.0845. The molecule has 1 fully saturated rings. The Labute approximate surface area is 128 Å². The molecule has 0 bridgehead atoms. The fraction of sp³-hybridized carbons (Fsp3) is 1.00. The van der Waals surface area contributed by atoms with Gasteiger partial charge in [-0.25, -0.2) is 0 Å². The fourth-order valence-electron chi connectivity index (χ4n) is 3.08. The van der Waals surface area contributed by atoms with Crippen molar-refractivity contribution in [2.45, 2.75) is 64.1 Å². The zero-order chi connectivity index (χ0) is 15.1. The summed E-state index contributed by atoms with van der Waals surface area (Å²) in [6, 6.07) is 0. The summed E-state index contributed by atoms with van der Waals surface area (Å²) >= 11 is 0. The van der Waals surface area contributed by atoms with Crippen molar-refractivity contribution >= 4 is 19.0 Å². The smallest absolute Gasteiger partial charge is 0.380 e. The first-order valence-electron chi connectivity index (χ1n) is 8.07. The van der Waals surface area contributed by atoms with E-state index in [0.29, 0.717) is 19.8 Å². The summed E-state index contributed by atoms with van der Waals surface area (Å²) in [6.45, 7) is 11.1. The van der Waals surface area contributed by atoms with Crippen LogP contribution in [0, 0.1) is 0 Å². The predicted octanol–water partition coefficient (Wildman–Crippen LogP) is 2.08. The predicted molar refractivity (Wildman–Crippen MR) is 87.1 cm³/mol. The highest BCUT2D eigenvalue weighted by Crippen LogP contribution is 2.37. The van der Waals surface area contributed by atoms with Crippen molar-refractivity contribution in [3.8, 4) is 0 Å². The third-order valence-electron chi connectivity index (χ3n) is 3.93. The Morgan fingerprint density at radius 2 is 1.65 bits per heavy atom. The lowest BCUT2D eigenvalue weighted by atomic mass is 10.0. The van der Waals surface area contributed by atoms with Crippen LogP contribution in [0.4, 0.5) is 0 Å². The Balaban J connectivity index is 2.76. The van der Waals surface area contributed by atoms with Crippen molar-refractivity contribution in [1.29, 1.82) is 0 Å². The third-order valence-corrected chi connectivity index (χ3v) is 8.61. The summed E-state index contributed by atoms with van der Waals surface area (Å²) in [5.74, 6) is 0. The van der Waals surface area contributed by atoms with Gasteiger partial charge >= 0.3 is 8.80 Å². The van der Waals surface area contributed by atoms with E-state index in [-0.39, 0.29) is 10.8 Å². The van der Waals surface area contributed by atoms with E-state index >= 15 is 0 Å². The van der Waals surface area contributed by atoms with Crippen LogP contribution in [0.2, 0.25) is 5.54 Å². The molecular formula is C14H32O4Si2. The summed E-state index contributed by atoms with van der Waals surface area (Å²) in [6.07, 6.45) is 4.66. The molecule has 0 N–H and O–H groups in total. The minimum atomic E-state index is -2.59. The quantitative estimate of drug-likeness (QED) is 0.610. The maximum Gasteiger partial charge on any atom is 0.504 e. The van der Waals surface area contributed by atoms with Gasteiger partial charge in [-0.2, -0.15) is 0 Å². The van der Waals surface area contributed by atoms with Crippen LogP contribution in [0.25, 0.3) is 0 Å². The van der Waals surface area contributed by atoms with Crippen LogP contribution in [-0.4, -0.2) is 50.7 Å². The normalized spacial score (nSPS) is 25.8. The van der Waals surface area contributed by atoms with Crippen molar-refractivity contribution < 1.29 is 18.0 Å². The summed E-state index contributed by atoms with van der Waals surface area (Å²) in [5.41, 5.74) is 0.290. The van der Waals surface area contributed by atoms with Gasteiger partial charge in [-0.05, 0) is 46.5 Å². The molecule has 4 nitrogen and oxygen atoms in total. The van der Waals surface area contributed by atoms with E-state index in [1.807, 2.05) is 20.8 Å². The van der Waals surface area contributed by atoms with E-state index in [1.165, 1.54) is 19.3 Å². The molecule has 0 spiro atoms. The second-order valence-corrected chi connectivity index (χ2v) is 10.6. The highest BCUT2D eigenvalue weighted by atomic mass is 28.4. The zero-order valence-corrected chi connectivity index (χ0v) is 16.9. The molecule has 0 amide bonds. The first-order valence-corrected chi connectivity index (χ1v) is 10.9. The number of hydrogen-bond donors (Lipinski definition) is 0. The molecule has 0 aromatic rings. The molecule has 0 aromatic heterocycles. The van der Waals surface area contributed by atoms with Gasteiger partial charge in [0.2, 0.25) is 0 Å². The second-order valence-electron chi connectivity index (χ2n) is 5.76. The van der Waals surface area contributed by atoms with Crippen molar-refractivity contribution in [1.82, 2.24) is 0 Å². The molecule has 0 saturated carbocycles. The lowest BCUT2D eigenvalue weighted by Crippen LogP contribution is -2.52. The molecule has 1 saturated heterocycles. The SMILES string of the molecule is CCO[Si](OCC)(OCC)C(C)CC1([SiH3])CCCCO1. The molecule has 2 atom stereocenters. The van der Waals surface area contributed by atoms with Gasteiger partial charge in [0.25, 0.3) is 0 Å². The van der Waals surface area contributed by atoms with Gasteiger partial charge < -0.3 is 18.0 Å². The first kappa shape index (κ1) is 18.3. The zero-order valence-electron chi connectivity index (χ0n) is 13.9. The number of ether oxygens (including phenoxy) is 1. The Kier molecular flexibility index (Phi) is 7.93. The van der Waals surface area contributed by atoms with Crippen LogP contribution in [0.1, 0.15) is 53.4 Å². The maximum absolute atomic E-state index is 6.08. The van der Waals surface area contributed by atoms with Crippen molar-refractivity contribution in [2.24, 2.45) is 0 Å². The van der Waals surface area contributed by atoms with E-state index in [4.69, 9.17) is 18.0 Å². The maximum atomic E-state index is 6.08. The Morgan fingerprint density at radius 1 is 1.10 bits per heavy atom. The first-order chi connectivity index (χ1) is 9.52. The van der Waals surface area contributed by atoms with Crippen LogP contribution in [-0.2, 0) is 18.0 Å². The molecular weight excluding hydrogens is 288 g/mol. The second kappa shape index (κ2) is 8.65. The molecule has 120 valence electrons. The average Bonchev–Trinajstić information content (AvgIpc) is 2.39. The molecule has 2 unspecified atom stereocenters. The highest BCUT2D eigenvalue weighted by Gasteiger charge is 2.49. The van der Waals surface area contributed by atoms with E-state index in [2.05, 4.69) is 6.92 Å². The van der Waals surface area contributed by atoms with E-state index < -0.39 is 8.80 Å². The van der Waals surface area contributed by atoms with Crippen LogP contribution < -0.4 is 0 Å². The molecule has 0 radical (unpaired) electrons. The van der Waals surface area contributed by atoms with Crippen LogP contribution in [0.3, 0.4) is 0 Å².